The third-order valence-corrected chi connectivity index (χ3v) is 4.49. The van der Waals surface area contributed by atoms with E-state index in [1.54, 1.807) is 0 Å². The minimum absolute atomic E-state index is 0.0190. The van der Waals surface area contributed by atoms with E-state index in [-0.39, 0.29) is 12.4 Å². The van der Waals surface area contributed by atoms with Gasteiger partial charge >= 0.3 is 0 Å². The lowest BCUT2D eigenvalue weighted by Crippen LogP contribution is -2.15. The van der Waals surface area contributed by atoms with Gasteiger partial charge in [0.1, 0.15) is 5.75 Å². The lowest BCUT2D eigenvalue weighted by atomic mass is 10.0. The van der Waals surface area contributed by atoms with Crippen LogP contribution in [0.3, 0.4) is 0 Å². The van der Waals surface area contributed by atoms with E-state index in [4.69, 9.17) is 4.74 Å². The summed E-state index contributed by atoms with van der Waals surface area (Å²) in [6.45, 7) is 10.9. The first-order valence-electron chi connectivity index (χ1n) is 8.91. The van der Waals surface area contributed by atoms with Gasteiger partial charge in [0.25, 0.3) is 0 Å². The molecule has 4 nitrogen and oxygen atoms in total. The summed E-state index contributed by atoms with van der Waals surface area (Å²) in [5.41, 5.74) is 5.54. The van der Waals surface area contributed by atoms with Crippen LogP contribution < -0.4 is 4.74 Å². The Morgan fingerprint density at radius 1 is 1.08 bits per heavy atom. The van der Waals surface area contributed by atoms with E-state index >= 15 is 0 Å². The summed E-state index contributed by atoms with van der Waals surface area (Å²) in [5, 5.41) is 0. The number of aryl methyl sites for hydroxylation is 4. The van der Waals surface area contributed by atoms with Crippen LogP contribution in [0.15, 0.2) is 35.3 Å². The molecule has 2 rings (SSSR count). The molecule has 0 heterocycles. The number of nitrogens with zero attached hydrogens (tertiary/aromatic N) is 2. The number of benzene rings is 2. The van der Waals surface area contributed by atoms with Crippen LogP contribution in [0.2, 0.25) is 0 Å². The fourth-order valence-electron chi connectivity index (χ4n) is 2.73. The molecule has 4 heteroatoms. The molecule has 2 aromatic carbocycles. The molecule has 0 aliphatic rings. The largest absolute Gasteiger partial charge is 0.485 e. The van der Waals surface area contributed by atoms with Gasteiger partial charge in [0, 0.05) is 19.2 Å². The monoisotopic (exact) mass is 352 g/mol. The minimum atomic E-state index is -0.0190. The number of ketones is 1. The SMILES string of the molecule is CCN(C)/C=N\c1cc(C)c(C(=O)COc2c(C)cccc2C)cc1C. The van der Waals surface area contributed by atoms with E-state index in [2.05, 4.69) is 11.9 Å². The standard InChI is InChI=1S/C22H28N2O2/c1-7-24(6)14-23-20-12-17(4)19(11-18(20)5)21(25)13-26-22-15(2)9-8-10-16(22)3/h8-12,14H,7,13H2,1-6H3/b23-14-. The van der Waals surface area contributed by atoms with Gasteiger partial charge in [0.2, 0.25) is 0 Å². The highest BCUT2D eigenvalue weighted by Gasteiger charge is 2.14. The summed E-state index contributed by atoms with van der Waals surface area (Å²) in [7, 11) is 1.98. The average Bonchev–Trinajstić information content (AvgIpc) is 2.61. The van der Waals surface area contributed by atoms with E-state index in [1.165, 1.54) is 0 Å². The number of para-hydroxylation sites is 1. The Morgan fingerprint density at radius 2 is 1.73 bits per heavy atom. The summed E-state index contributed by atoms with van der Waals surface area (Å²) in [6.07, 6.45) is 1.81. The van der Waals surface area contributed by atoms with E-state index in [0.29, 0.717) is 5.56 Å². The molecule has 0 unspecified atom stereocenters. The summed E-state index contributed by atoms with van der Waals surface area (Å²) in [6, 6.07) is 9.83. The van der Waals surface area contributed by atoms with Crippen molar-refractivity contribution in [2.75, 3.05) is 20.2 Å². The van der Waals surface area contributed by atoms with E-state index < -0.39 is 0 Å². The normalized spacial score (nSPS) is 11.0. The molecule has 0 atom stereocenters. The number of ether oxygens (including phenoxy) is 1. The number of rotatable bonds is 7. The first-order chi connectivity index (χ1) is 12.3. The van der Waals surface area contributed by atoms with Crippen molar-refractivity contribution in [1.29, 1.82) is 0 Å². The Hall–Kier alpha value is -2.62. The van der Waals surface area contributed by atoms with Crippen LogP contribution in [-0.4, -0.2) is 37.2 Å². The summed E-state index contributed by atoms with van der Waals surface area (Å²) < 4.78 is 5.82. The van der Waals surface area contributed by atoms with Gasteiger partial charge in [0.05, 0.1) is 12.0 Å². The van der Waals surface area contributed by atoms with Gasteiger partial charge in [-0.2, -0.15) is 0 Å². The van der Waals surface area contributed by atoms with E-state index in [0.717, 1.165) is 40.2 Å². The molecule has 0 fully saturated rings. The van der Waals surface area contributed by atoms with Gasteiger partial charge in [-0.25, -0.2) is 4.99 Å². The molecule has 0 N–H and O–H groups in total. The summed E-state index contributed by atoms with van der Waals surface area (Å²) in [5.74, 6) is 0.772. The minimum Gasteiger partial charge on any atom is -0.485 e. The highest BCUT2D eigenvalue weighted by molar-refractivity contribution is 5.99. The van der Waals surface area contributed by atoms with Gasteiger partial charge < -0.3 is 9.64 Å². The molecule has 0 aliphatic carbocycles. The molecular weight excluding hydrogens is 324 g/mol. The summed E-state index contributed by atoms with van der Waals surface area (Å²) >= 11 is 0. The molecular formula is C22H28N2O2. The van der Waals surface area contributed by atoms with Crippen LogP contribution in [0.5, 0.6) is 5.75 Å². The molecule has 0 radical (unpaired) electrons. The Bertz CT molecular complexity index is 805. The molecule has 0 bridgehead atoms. The Morgan fingerprint density at radius 3 is 2.35 bits per heavy atom. The second-order valence-electron chi connectivity index (χ2n) is 6.70. The number of aliphatic imine (C=N–C) groups is 1. The molecule has 2 aromatic rings. The van der Waals surface area contributed by atoms with Crippen molar-refractivity contribution < 1.29 is 9.53 Å². The molecule has 0 spiro atoms. The van der Waals surface area contributed by atoms with Crippen molar-refractivity contribution in [3.63, 3.8) is 0 Å². The number of hydrogen-bond donors (Lipinski definition) is 0. The topological polar surface area (TPSA) is 41.9 Å². The second-order valence-corrected chi connectivity index (χ2v) is 6.70. The van der Waals surface area contributed by atoms with Crippen molar-refractivity contribution in [3.05, 3.63) is 58.1 Å². The van der Waals surface area contributed by atoms with Crippen molar-refractivity contribution in [3.8, 4) is 5.75 Å². The second kappa shape index (κ2) is 8.65. The zero-order chi connectivity index (χ0) is 19.3. The molecule has 138 valence electrons. The molecule has 0 aliphatic heterocycles. The zero-order valence-corrected chi connectivity index (χ0v) is 16.6. The molecule has 0 saturated carbocycles. The third-order valence-electron chi connectivity index (χ3n) is 4.49. The zero-order valence-electron chi connectivity index (χ0n) is 16.6. The van der Waals surface area contributed by atoms with Crippen molar-refractivity contribution in [1.82, 2.24) is 4.90 Å². The van der Waals surface area contributed by atoms with Crippen LogP contribution in [0.1, 0.15) is 39.5 Å². The van der Waals surface area contributed by atoms with E-state index in [9.17, 15) is 4.79 Å². The van der Waals surface area contributed by atoms with Gasteiger partial charge in [-0.15, -0.1) is 0 Å². The first kappa shape index (κ1) is 19.7. The Balaban J connectivity index is 2.17. The third kappa shape index (κ3) is 4.72. The number of Topliss-reactive ketones (excluding diaryl/α,β-unsaturated/α-hetero) is 1. The first-order valence-corrected chi connectivity index (χ1v) is 8.91. The number of carbonyl (C=O) groups excluding carboxylic acids is 1. The van der Waals surface area contributed by atoms with Gasteiger partial charge in [-0.3, -0.25) is 4.79 Å². The number of hydrogen-bond acceptors (Lipinski definition) is 3. The van der Waals surface area contributed by atoms with Crippen LogP contribution in [0, 0.1) is 27.7 Å². The predicted molar refractivity (Wildman–Crippen MR) is 108 cm³/mol. The highest BCUT2D eigenvalue weighted by Crippen LogP contribution is 2.25. The molecule has 0 saturated heterocycles. The Kier molecular flexibility index (Phi) is 6.56. The lowest BCUT2D eigenvalue weighted by molar-refractivity contribution is 0.0920. The van der Waals surface area contributed by atoms with Crippen LogP contribution in [0.25, 0.3) is 0 Å². The average molecular weight is 352 g/mol. The lowest BCUT2D eigenvalue weighted by Gasteiger charge is -2.13. The quantitative estimate of drug-likeness (QED) is 0.408. The maximum atomic E-state index is 12.7. The van der Waals surface area contributed by atoms with Crippen LogP contribution in [-0.2, 0) is 0 Å². The maximum absolute atomic E-state index is 12.7. The number of carbonyl (C=O) groups is 1. The molecule has 0 aromatic heterocycles. The highest BCUT2D eigenvalue weighted by atomic mass is 16.5. The van der Waals surface area contributed by atoms with Crippen LogP contribution >= 0.6 is 0 Å². The van der Waals surface area contributed by atoms with Crippen molar-refractivity contribution in [2.45, 2.75) is 34.6 Å². The predicted octanol–water partition coefficient (Wildman–Crippen LogP) is 4.79. The molecule has 0 amide bonds. The fourth-order valence-corrected chi connectivity index (χ4v) is 2.73. The fraction of sp³-hybridized carbons (Fsp3) is 0.364. The smallest absolute Gasteiger partial charge is 0.200 e. The summed E-state index contributed by atoms with van der Waals surface area (Å²) in [4.78, 5) is 19.2. The molecule has 26 heavy (non-hydrogen) atoms. The van der Waals surface area contributed by atoms with Gasteiger partial charge in [-0.1, -0.05) is 18.2 Å². The van der Waals surface area contributed by atoms with Gasteiger partial charge in [0.15, 0.2) is 12.4 Å². The van der Waals surface area contributed by atoms with Crippen LogP contribution in [0.4, 0.5) is 5.69 Å². The van der Waals surface area contributed by atoms with Gasteiger partial charge in [-0.05, 0) is 69.0 Å². The van der Waals surface area contributed by atoms with E-state index in [1.807, 2.05) is 76.3 Å². The maximum Gasteiger partial charge on any atom is 0.200 e. The van der Waals surface area contributed by atoms with Crippen molar-refractivity contribution in [2.24, 2.45) is 4.99 Å². The van der Waals surface area contributed by atoms with Crippen molar-refractivity contribution >= 4 is 17.8 Å². The Labute approximate surface area is 156 Å².